The van der Waals surface area contributed by atoms with E-state index in [1.807, 2.05) is 26.8 Å². The third kappa shape index (κ3) is 10.1. The van der Waals surface area contributed by atoms with Crippen molar-refractivity contribution in [2.75, 3.05) is 27.9 Å². The predicted molar refractivity (Wildman–Crippen MR) is 175 cm³/mol. The monoisotopic (exact) mass is 653 g/mol. The number of methoxy groups -OCH3 is 3. The average Bonchev–Trinajstić information content (AvgIpc) is 3.54. The first kappa shape index (κ1) is 37.1. The number of ether oxygens (including phenoxy) is 4. The van der Waals surface area contributed by atoms with E-state index >= 15 is 0 Å². The molecule has 1 aliphatic heterocycles. The molecule has 2 amide bonds. The average molecular weight is 654 g/mol. The SMILES string of the molecule is COC1/C=C\C=C(\C)C(=O)NC2=CC(=O)C(NCCc3cnc[nH]3)=C(CC(C)CC(OC)C(OC)C(C)/C=C(/C)C1OC(N)=O)C2=O. The van der Waals surface area contributed by atoms with Crippen LogP contribution in [0.5, 0.6) is 0 Å². The van der Waals surface area contributed by atoms with Crippen molar-refractivity contribution in [2.45, 2.75) is 71.4 Å². The van der Waals surface area contributed by atoms with Crippen molar-refractivity contribution in [3.8, 4) is 0 Å². The lowest BCUT2D eigenvalue weighted by atomic mass is 9.85. The van der Waals surface area contributed by atoms with Gasteiger partial charge in [0, 0.05) is 69.3 Å². The highest BCUT2D eigenvalue weighted by molar-refractivity contribution is 6.23. The van der Waals surface area contributed by atoms with Crippen LogP contribution in [0.15, 0.2) is 71.0 Å². The number of aromatic nitrogens is 2. The maximum Gasteiger partial charge on any atom is 0.405 e. The Labute approximate surface area is 275 Å². The number of fused-ring (bicyclic) bond motifs is 2. The highest BCUT2D eigenvalue weighted by Gasteiger charge is 2.34. The summed E-state index contributed by atoms with van der Waals surface area (Å²) in [6.07, 6.45) is 8.97. The fraction of sp³-hybridized carbons (Fsp3) is 0.500. The summed E-state index contributed by atoms with van der Waals surface area (Å²) in [5.41, 5.74) is 7.61. The summed E-state index contributed by atoms with van der Waals surface area (Å²) in [6, 6.07) is 0. The third-order valence-corrected chi connectivity index (χ3v) is 8.28. The summed E-state index contributed by atoms with van der Waals surface area (Å²) < 4.78 is 22.9. The van der Waals surface area contributed by atoms with E-state index in [1.165, 1.54) is 13.2 Å². The number of hydrogen-bond acceptors (Lipinski definition) is 10. The molecular formula is C34H47N5O8. The number of nitrogens with zero attached hydrogens (tertiary/aromatic N) is 1. The molecule has 5 N–H and O–H groups in total. The summed E-state index contributed by atoms with van der Waals surface area (Å²) in [5, 5.41) is 5.78. The highest BCUT2D eigenvalue weighted by atomic mass is 16.6. The highest BCUT2D eigenvalue weighted by Crippen LogP contribution is 2.29. The number of carbonyl (C=O) groups excluding carboxylic acids is 4. The first-order valence-electron chi connectivity index (χ1n) is 15.5. The minimum Gasteiger partial charge on any atom is -0.439 e. The lowest BCUT2D eigenvalue weighted by molar-refractivity contribution is -0.120. The molecule has 256 valence electrons. The number of Topliss-reactive ketones (excluding diaryl/α,β-unsaturated/α-hetero) is 1. The molecule has 0 aromatic carbocycles. The van der Waals surface area contributed by atoms with E-state index in [4.69, 9.17) is 24.7 Å². The fourth-order valence-corrected chi connectivity index (χ4v) is 5.87. The van der Waals surface area contributed by atoms with Gasteiger partial charge >= 0.3 is 6.09 Å². The van der Waals surface area contributed by atoms with Crippen LogP contribution >= 0.6 is 0 Å². The van der Waals surface area contributed by atoms with Gasteiger partial charge in [-0.2, -0.15) is 0 Å². The van der Waals surface area contributed by atoms with Gasteiger partial charge in [0.25, 0.3) is 5.91 Å². The van der Waals surface area contributed by atoms with E-state index in [-0.39, 0.29) is 40.8 Å². The van der Waals surface area contributed by atoms with Crippen molar-refractivity contribution < 1.29 is 38.1 Å². The number of ketones is 2. The molecule has 1 aromatic heterocycles. The van der Waals surface area contributed by atoms with Crippen molar-refractivity contribution in [3.05, 3.63) is 76.7 Å². The zero-order valence-corrected chi connectivity index (χ0v) is 28.1. The second-order valence-corrected chi connectivity index (χ2v) is 11.9. The molecule has 1 aromatic rings. The van der Waals surface area contributed by atoms with Gasteiger partial charge in [0.15, 0.2) is 6.10 Å². The molecular weight excluding hydrogens is 606 g/mol. The minimum absolute atomic E-state index is 0.104. The number of allylic oxidation sites excluding steroid dienone is 4. The second kappa shape index (κ2) is 17.5. The molecule has 0 saturated carbocycles. The topological polar surface area (TPSA) is 184 Å². The molecule has 6 atom stereocenters. The fourth-order valence-electron chi connectivity index (χ4n) is 5.87. The Morgan fingerprint density at radius 2 is 1.85 bits per heavy atom. The van der Waals surface area contributed by atoms with Crippen LogP contribution in [0.2, 0.25) is 0 Å². The van der Waals surface area contributed by atoms with Crippen LogP contribution in [0.25, 0.3) is 0 Å². The van der Waals surface area contributed by atoms with E-state index in [9.17, 15) is 19.2 Å². The van der Waals surface area contributed by atoms with E-state index in [0.29, 0.717) is 25.0 Å². The van der Waals surface area contributed by atoms with Gasteiger partial charge in [-0.25, -0.2) is 9.78 Å². The van der Waals surface area contributed by atoms with Crippen LogP contribution in [0.3, 0.4) is 0 Å². The largest absolute Gasteiger partial charge is 0.439 e. The number of amides is 2. The number of imidazole rings is 1. The molecule has 13 heteroatoms. The van der Waals surface area contributed by atoms with Gasteiger partial charge in [0.1, 0.15) is 6.10 Å². The third-order valence-electron chi connectivity index (χ3n) is 8.28. The van der Waals surface area contributed by atoms with Gasteiger partial charge in [0.2, 0.25) is 11.6 Å². The molecule has 2 bridgehead atoms. The van der Waals surface area contributed by atoms with Gasteiger partial charge in [0.05, 0.1) is 29.9 Å². The first-order chi connectivity index (χ1) is 22.4. The van der Waals surface area contributed by atoms with Crippen molar-refractivity contribution in [3.63, 3.8) is 0 Å². The molecule has 47 heavy (non-hydrogen) atoms. The van der Waals surface area contributed by atoms with E-state index in [0.717, 1.165) is 11.8 Å². The molecule has 2 aliphatic rings. The van der Waals surface area contributed by atoms with Crippen molar-refractivity contribution in [1.29, 1.82) is 0 Å². The quantitative estimate of drug-likeness (QED) is 0.240. The van der Waals surface area contributed by atoms with Crippen molar-refractivity contribution >= 4 is 23.6 Å². The van der Waals surface area contributed by atoms with Gasteiger partial charge in [-0.15, -0.1) is 0 Å². The van der Waals surface area contributed by atoms with Crippen molar-refractivity contribution in [2.24, 2.45) is 17.6 Å². The zero-order valence-electron chi connectivity index (χ0n) is 28.1. The second-order valence-electron chi connectivity index (χ2n) is 11.9. The summed E-state index contributed by atoms with van der Waals surface area (Å²) >= 11 is 0. The van der Waals surface area contributed by atoms with Crippen LogP contribution in [0.4, 0.5) is 4.79 Å². The molecule has 3 rings (SSSR count). The normalized spacial score (nSPS) is 29.6. The van der Waals surface area contributed by atoms with E-state index < -0.39 is 48.0 Å². The predicted octanol–water partition coefficient (Wildman–Crippen LogP) is 2.97. The molecule has 13 nitrogen and oxygen atoms in total. The van der Waals surface area contributed by atoms with Gasteiger partial charge < -0.3 is 40.3 Å². The molecule has 2 heterocycles. The number of rotatable bonds is 8. The van der Waals surface area contributed by atoms with E-state index in [1.54, 1.807) is 45.8 Å². The lowest BCUT2D eigenvalue weighted by Crippen LogP contribution is -2.38. The Kier molecular flexibility index (Phi) is 13.9. The van der Waals surface area contributed by atoms with Crippen LogP contribution < -0.4 is 16.4 Å². The Morgan fingerprint density at radius 1 is 1.11 bits per heavy atom. The minimum atomic E-state index is -0.967. The summed E-state index contributed by atoms with van der Waals surface area (Å²) in [6.45, 7) is 7.69. The molecule has 0 radical (unpaired) electrons. The van der Waals surface area contributed by atoms with Gasteiger partial charge in [-0.1, -0.05) is 38.2 Å². The molecule has 0 fully saturated rings. The number of H-pyrrole nitrogens is 1. The Balaban J connectivity index is 2.05. The zero-order chi connectivity index (χ0) is 34.7. The smallest absolute Gasteiger partial charge is 0.405 e. The maximum atomic E-state index is 13.9. The summed E-state index contributed by atoms with van der Waals surface area (Å²) in [4.78, 5) is 59.3. The first-order valence-corrected chi connectivity index (χ1v) is 15.5. The Hall–Kier alpha value is -4.33. The molecule has 0 saturated heterocycles. The lowest BCUT2D eigenvalue weighted by Gasteiger charge is -2.32. The molecule has 6 unspecified atom stereocenters. The number of nitrogens with one attached hydrogen (secondary N) is 3. The van der Waals surface area contributed by atoms with Crippen LogP contribution in [-0.4, -0.2) is 85.8 Å². The van der Waals surface area contributed by atoms with E-state index in [2.05, 4.69) is 20.6 Å². The Bertz CT molecular complexity index is 1440. The number of primary amides is 1. The molecule has 1 aliphatic carbocycles. The van der Waals surface area contributed by atoms with Crippen LogP contribution in [0, 0.1) is 11.8 Å². The number of hydrogen-bond donors (Lipinski definition) is 4. The van der Waals surface area contributed by atoms with Gasteiger partial charge in [-0.05, 0) is 38.2 Å². The number of carbonyl (C=O) groups is 4. The molecule has 0 spiro atoms. The number of aromatic amines is 1. The van der Waals surface area contributed by atoms with Crippen molar-refractivity contribution in [1.82, 2.24) is 20.6 Å². The summed E-state index contributed by atoms with van der Waals surface area (Å²) in [7, 11) is 4.65. The number of nitrogens with two attached hydrogens (primary N) is 1. The van der Waals surface area contributed by atoms with Gasteiger partial charge in [-0.3, -0.25) is 14.4 Å². The Morgan fingerprint density at radius 3 is 2.47 bits per heavy atom. The van der Waals surface area contributed by atoms with Crippen LogP contribution in [-0.2, 0) is 39.8 Å². The maximum absolute atomic E-state index is 13.9. The standard InChI is InChI=1S/C34H47N5O8/c1-19-13-24-29(37-12-11-23-17-36-18-38-23)26(40)16-25(30(24)41)39-33(42)20(2)9-8-10-27(44-5)32(47-34(35)43)22(4)15-21(3)31(46-7)28(14-19)45-6/h8-10,15-19,21,27-28,31-32,37H,11-14H2,1-7H3,(H2,35,43)(H,36,38)(H,39,42)/b10-8-,20-9-,22-15-. The van der Waals surface area contributed by atoms with Crippen LogP contribution in [0.1, 0.15) is 46.2 Å². The summed E-state index contributed by atoms with van der Waals surface area (Å²) in [5.74, 6) is -1.76.